The molecule has 0 aromatic heterocycles. The van der Waals surface area contributed by atoms with Gasteiger partial charge >= 0.3 is 0 Å². The number of nitrogens with one attached hydrogen (secondary N) is 1. The van der Waals surface area contributed by atoms with E-state index in [0.29, 0.717) is 19.4 Å². The minimum absolute atomic E-state index is 0.259. The van der Waals surface area contributed by atoms with E-state index >= 15 is 0 Å². The third-order valence-corrected chi connectivity index (χ3v) is 1.65. The Balaban J connectivity index is 3.58. The monoisotopic (exact) mass is 149 g/mol. The molecule has 0 fully saturated rings. The maximum Gasteiger partial charge on any atom is 0.0887 e. The Kier molecular flexibility index (Phi) is 4.55. The van der Waals surface area contributed by atoms with Crippen LogP contribution in [0.1, 0.15) is 19.8 Å². The fourth-order valence-electron chi connectivity index (χ4n) is 0.656. The van der Waals surface area contributed by atoms with Gasteiger partial charge in [0.1, 0.15) is 0 Å². The molecule has 0 aromatic carbocycles. The maximum absolute atomic E-state index is 9.36. The highest BCUT2D eigenvalue weighted by molar-refractivity contribution is 4.75. The van der Waals surface area contributed by atoms with Crippen molar-refractivity contribution in [3.8, 4) is 0 Å². The van der Waals surface area contributed by atoms with Crippen LogP contribution >= 0.6 is 0 Å². The van der Waals surface area contributed by atoms with Crippen LogP contribution in [0.3, 0.4) is 0 Å². The lowest BCUT2D eigenvalue weighted by atomic mass is 9.98. The lowest BCUT2D eigenvalue weighted by Crippen LogP contribution is -2.35. The van der Waals surface area contributed by atoms with Gasteiger partial charge in [0.05, 0.1) is 12.2 Å². The van der Waals surface area contributed by atoms with Gasteiger partial charge in [-0.15, -0.1) is 0 Å². The third kappa shape index (κ3) is 3.12. The van der Waals surface area contributed by atoms with E-state index in [0.717, 1.165) is 0 Å². The summed E-state index contributed by atoms with van der Waals surface area (Å²) in [6.45, 7) is 1.82. The zero-order chi connectivity index (χ0) is 8.04. The number of aliphatic hydroxyl groups excluding tert-OH is 1. The predicted molar refractivity (Wildman–Crippen MR) is 36.7 cm³/mol. The van der Waals surface area contributed by atoms with Gasteiger partial charge in [0.2, 0.25) is 0 Å². The van der Waals surface area contributed by atoms with Gasteiger partial charge in [0, 0.05) is 6.54 Å². The highest BCUT2D eigenvalue weighted by Crippen LogP contribution is 2.12. The highest BCUT2D eigenvalue weighted by atomic mass is 16.5. The van der Waals surface area contributed by atoms with Gasteiger partial charge in [-0.2, -0.15) is 0 Å². The molecule has 0 rings (SSSR count). The fraction of sp³-hybridized carbons (Fsp3) is 1.00. The molecule has 0 aliphatic rings. The van der Waals surface area contributed by atoms with Gasteiger partial charge in [-0.25, -0.2) is 5.48 Å². The Morgan fingerprint density at radius 3 is 2.40 bits per heavy atom. The topological polar surface area (TPSA) is 72.7 Å². The van der Waals surface area contributed by atoms with Crippen LogP contribution in [0.4, 0.5) is 0 Å². The number of hydrogen-bond donors (Lipinski definition) is 4. The first kappa shape index (κ1) is 9.84. The molecule has 4 heteroatoms. The molecule has 1 unspecified atom stereocenters. The Morgan fingerprint density at radius 1 is 1.50 bits per heavy atom. The van der Waals surface area contributed by atoms with Crippen molar-refractivity contribution in [3.63, 3.8) is 0 Å². The average molecular weight is 149 g/mol. The molecule has 0 aliphatic carbocycles. The van der Waals surface area contributed by atoms with E-state index < -0.39 is 5.60 Å². The summed E-state index contributed by atoms with van der Waals surface area (Å²) in [5.74, 6) is 0. The molecule has 0 amide bonds. The first-order valence-corrected chi connectivity index (χ1v) is 3.38. The lowest BCUT2D eigenvalue weighted by molar-refractivity contribution is -0.0299. The van der Waals surface area contributed by atoms with Gasteiger partial charge in [-0.3, -0.25) is 0 Å². The molecule has 0 spiro atoms. The second-order valence-corrected chi connectivity index (χ2v) is 2.39. The summed E-state index contributed by atoms with van der Waals surface area (Å²) in [6, 6.07) is 0. The van der Waals surface area contributed by atoms with Gasteiger partial charge < -0.3 is 15.4 Å². The van der Waals surface area contributed by atoms with Crippen LogP contribution in [0.25, 0.3) is 0 Å². The van der Waals surface area contributed by atoms with Crippen LogP contribution < -0.4 is 5.48 Å². The lowest BCUT2D eigenvalue weighted by Gasteiger charge is -2.23. The molecule has 0 bridgehead atoms. The number of hydroxylamine groups is 1. The summed E-state index contributed by atoms with van der Waals surface area (Å²) >= 11 is 0. The van der Waals surface area contributed by atoms with Gasteiger partial charge in [0.25, 0.3) is 0 Å². The van der Waals surface area contributed by atoms with Crippen molar-refractivity contribution < 1.29 is 15.4 Å². The molecule has 4 nitrogen and oxygen atoms in total. The van der Waals surface area contributed by atoms with Crippen LogP contribution in [0.5, 0.6) is 0 Å². The van der Waals surface area contributed by atoms with Crippen LogP contribution in [-0.4, -0.2) is 34.2 Å². The van der Waals surface area contributed by atoms with Crippen molar-refractivity contribution in [1.29, 1.82) is 0 Å². The van der Waals surface area contributed by atoms with E-state index in [-0.39, 0.29) is 6.61 Å². The van der Waals surface area contributed by atoms with Crippen molar-refractivity contribution in [2.75, 3.05) is 13.2 Å². The summed E-state index contributed by atoms with van der Waals surface area (Å²) in [5.41, 5.74) is 0.889. The molecule has 0 heterocycles. The van der Waals surface area contributed by atoms with Crippen molar-refractivity contribution in [2.24, 2.45) is 0 Å². The molecule has 4 N–H and O–H groups in total. The standard InChI is InChI=1S/C6H15NO3/c1-2-6(9,5-8)3-4-7-10/h7-10H,2-5H2,1H3. The number of hydrogen-bond acceptors (Lipinski definition) is 4. The van der Waals surface area contributed by atoms with Crippen molar-refractivity contribution in [3.05, 3.63) is 0 Å². The van der Waals surface area contributed by atoms with Crippen LogP contribution in [0.15, 0.2) is 0 Å². The van der Waals surface area contributed by atoms with Gasteiger partial charge in [-0.05, 0) is 12.8 Å². The SMILES string of the molecule is CCC(O)(CO)CCNO. The molecule has 1 atom stereocenters. The normalized spacial score (nSPS) is 16.8. The summed E-state index contributed by atoms with van der Waals surface area (Å²) in [5, 5.41) is 26.2. The van der Waals surface area contributed by atoms with Crippen LogP contribution in [0, 0.1) is 0 Å². The van der Waals surface area contributed by atoms with Crippen molar-refractivity contribution >= 4 is 0 Å². The van der Waals surface area contributed by atoms with Crippen LogP contribution in [-0.2, 0) is 0 Å². The van der Waals surface area contributed by atoms with Gasteiger partial charge in [-0.1, -0.05) is 6.92 Å². The quantitative estimate of drug-likeness (QED) is 0.397. The second kappa shape index (κ2) is 4.62. The van der Waals surface area contributed by atoms with Gasteiger partial charge in [0.15, 0.2) is 0 Å². The Bertz CT molecular complexity index is 83.1. The predicted octanol–water partition coefficient (Wildman–Crippen LogP) is -0.511. The third-order valence-electron chi connectivity index (χ3n) is 1.65. The molecule has 0 aromatic rings. The summed E-state index contributed by atoms with van der Waals surface area (Å²) in [6.07, 6.45) is 0.849. The maximum atomic E-state index is 9.36. The number of aliphatic hydroxyl groups is 2. The summed E-state index contributed by atoms with van der Waals surface area (Å²) < 4.78 is 0. The molecule has 0 saturated heterocycles. The number of rotatable bonds is 5. The molecule has 62 valence electrons. The minimum atomic E-state index is -1.03. The Labute approximate surface area is 60.5 Å². The van der Waals surface area contributed by atoms with E-state index in [2.05, 4.69) is 0 Å². The van der Waals surface area contributed by atoms with E-state index in [1.807, 2.05) is 5.48 Å². The molecule has 0 radical (unpaired) electrons. The first-order chi connectivity index (χ1) is 4.68. The average Bonchev–Trinajstić information content (AvgIpc) is 2.00. The largest absolute Gasteiger partial charge is 0.393 e. The van der Waals surface area contributed by atoms with Crippen molar-refractivity contribution in [1.82, 2.24) is 5.48 Å². The van der Waals surface area contributed by atoms with Crippen LogP contribution in [0.2, 0.25) is 0 Å². The molecule has 10 heavy (non-hydrogen) atoms. The summed E-state index contributed by atoms with van der Waals surface area (Å²) in [7, 11) is 0. The zero-order valence-electron chi connectivity index (χ0n) is 6.17. The molecule has 0 saturated carbocycles. The van der Waals surface area contributed by atoms with E-state index in [1.165, 1.54) is 0 Å². The first-order valence-electron chi connectivity index (χ1n) is 3.38. The second-order valence-electron chi connectivity index (χ2n) is 2.39. The Hall–Kier alpha value is -0.160. The highest BCUT2D eigenvalue weighted by Gasteiger charge is 2.22. The molecular formula is C6H15NO3. The fourth-order valence-corrected chi connectivity index (χ4v) is 0.656. The van der Waals surface area contributed by atoms with E-state index in [1.54, 1.807) is 6.92 Å². The minimum Gasteiger partial charge on any atom is -0.393 e. The van der Waals surface area contributed by atoms with Crippen molar-refractivity contribution in [2.45, 2.75) is 25.4 Å². The van der Waals surface area contributed by atoms with E-state index in [4.69, 9.17) is 10.3 Å². The Morgan fingerprint density at radius 2 is 2.10 bits per heavy atom. The summed E-state index contributed by atoms with van der Waals surface area (Å²) in [4.78, 5) is 0. The van der Waals surface area contributed by atoms with E-state index in [9.17, 15) is 5.11 Å². The smallest absolute Gasteiger partial charge is 0.0887 e. The molecule has 0 aliphatic heterocycles. The molecular weight excluding hydrogens is 134 g/mol. The zero-order valence-corrected chi connectivity index (χ0v) is 6.17.